The normalized spacial score (nSPS) is 11.8. The molecule has 0 aliphatic heterocycles. The highest BCUT2D eigenvalue weighted by Crippen LogP contribution is 2.28. The topological polar surface area (TPSA) is 53.1 Å². The van der Waals surface area contributed by atoms with Crippen molar-refractivity contribution in [3.05, 3.63) is 5.69 Å². The predicted molar refractivity (Wildman–Crippen MR) is 57.4 cm³/mol. The van der Waals surface area contributed by atoms with Crippen molar-refractivity contribution < 1.29 is 4.74 Å². The van der Waals surface area contributed by atoms with E-state index in [0.29, 0.717) is 11.6 Å². The van der Waals surface area contributed by atoms with Crippen LogP contribution in [0.4, 0.5) is 5.69 Å². The lowest BCUT2D eigenvalue weighted by molar-refractivity contribution is 0.0942. The third-order valence-electron chi connectivity index (χ3n) is 2.44. The molecule has 0 saturated heterocycles. The van der Waals surface area contributed by atoms with Gasteiger partial charge in [-0.15, -0.1) is 0 Å². The van der Waals surface area contributed by atoms with E-state index in [9.17, 15) is 0 Å². The van der Waals surface area contributed by atoms with Crippen LogP contribution in [0.25, 0.3) is 0 Å². The van der Waals surface area contributed by atoms with E-state index in [-0.39, 0.29) is 5.60 Å². The number of nitrogen functional groups attached to an aromatic ring is 1. The van der Waals surface area contributed by atoms with Crippen molar-refractivity contribution in [3.8, 4) is 5.88 Å². The number of hydrogen-bond donors (Lipinski definition) is 1. The van der Waals surface area contributed by atoms with E-state index in [1.54, 1.807) is 4.68 Å². The molecule has 1 aromatic rings. The Kier molecular flexibility index (Phi) is 2.73. The molecule has 2 N–H and O–H groups in total. The quantitative estimate of drug-likeness (QED) is 0.805. The average molecular weight is 197 g/mol. The van der Waals surface area contributed by atoms with E-state index in [1.807, 2.05) is 27.8 Å². The Labute approximate surface area is 85.0 Å². The van der Waals surface area contributed by atoms with Crippen LogP contribution >= 0.6 is 0 Å². The van der Waals surface area contributed by atoms with Gasteiger partial charge in [-0.05, 0) is 27.2 Å². The molecular weight excluding hydrogens is 178 g/mol. The summed E-state index contributed by atoms with van der Waals surface area (Å²) in [7, 11) is 1.84. The maximum absolute atomic E-state index is 5.86. The van der Waals surface area contributed by atoms with Crippen LogP contribution in [0.1, 0.15) is 32.9 Å². The van der Waals surface area contributed by atoms with Crippen molar-refractivity contribution in [2.75, 3.05) is 5.73 Å². The predicted octanol–water partition coefficient (Wildman–Crippen LogP) is 1.88. The van der Waals surface area contributed by atoms with E-state index in [4.69, 9.17) is 10.5 Å². The molecule has 1 heterocycles. The first-order chi connectivity index (χ1) is 6.37. The monoisotopic (exact) mass is 197 g/mol. The Morgan fingerprint density at radius 1 is 1.50 bits per heavy atom. The molecule has 0 fully saturated rings. The van der Waals surface area contributed by atoms with Gasteiger partial charge in [0.05, 0.1) is 5.69 Å². The Hall–Kier alpha value is -1.19. The minimum atomic E-state index is -0.200. The van der Waals surface area contributed by atoms with Crippen molar-refractivity contribution in [2.24, 2.45) is 7.05 Å². The number of aromatic nitrogens is 2. The highest BCUT2D eigenvalue weighted by atomic mass is 16.5. The molecule has 0 saturated carbocycles. The standard InChI is InChI=1S/C10H19N3O/c1-6-10(3,4)14-9-8(11)7(2)12-13(9)5/h6,11H2,1-5H3. The Morgan fingerprint density at radius 2 is 2.07 bits per heavy atom. The van der Waals surface area contributed by atoms with Gasteiger partial charge >= 0.3 is 0 Å². The number of anilines is 1. The summed E-state index contributed by atoms with van der Waals surface area (Å²) in [5, 5.41) is 4.20. The Bertz CT molecular complexity index is 328. The summed E-state index contributed by atoms with van der Waals surface area (Å²) in [5.41, 5.74) is 7.10. The number of ether oxygens (including phenoxy) is 1. The maximum atomic E-state index is 5.86. The van der Waals surface area contributed by atoms with Gasteiger partial charge in [-0.2, -0.15) is 5.10 Å². The second kappa shape index (κ2) is 3.52. The number of nitrogens with zero attached hydrogens (tertiary/aromatic N) is 2. The number of hydrogen-bond acceptors (Lipinski definition) is 3. The van der Waals surface area contributed by atoms with Crippen LogP contribution in [0.2, 0.25) is 0 Å². The molecule has 1 rings (SSSR count). The zero-order valence-corrected chi connectivity index (χ0v) is 9.59. The second-order valence-electron chi connectivity index (χ2n) is 4.14. The van der Waals surface area contributed by atoms with E-state index < -0.39 is 0 Å². The number of aryl methyl sites for hydroxylation is 2. The maximum Gasteiger partial charge on any atom is 0.236 e. The lowest BCUT2D eigenvalue weighted by atomic mass is 10.1. The summed E-state index contributed by atoms with van der Waals surface area (Å²) in [6.45, 7) is 8.03. The second-order valence-corrected chi connectivity index (χ2v) is 4.14. The van der Waals surface area contributed by atoms with E-state index in [0.717, 1.165) is 12.1 Å². The Balaban J connectivity index is 2.97. The van der Waals surface area contributed by atoms with Crippen molar-refractivity contribution in [1.82, 2.24) is 9.78 Å². The first-order valence-corrected chi connectivity index (χ1v) is 4.85. The van der Waals surface area contributed by atoms with E-state index in [2.05, 4.69) is 12.0 Å². The molecule has 0 spiro atoms. The molecule has 4 heteroatoms. The first-order valence-electron chi connectivity index (χ1n) is 4.85. The fourth-order valence-electron chi connectivity index (χ4n) is 1.11. The van der Waals surface area contributed by atoms with Gasteiger partial charge in [-0.25, -0.2) is 4.68 Å². The molecule has 0 atom stereocenters. The molecule has 0 unspecified atom stereocenters. The minimum absolute atomic E-state index is 0.200. The molecule has 14 heavy (non-hydrogen) atoms. The number of nitrogens with two attached hydrogens (primary N) is 1. The molecule has 80 valence electrons. The number of rotatable bonds is 3. The summed E-state index contributed by atoms with van der Waals surface area (Å²) in [6, 6.07) is 0. The smallest absolute Gasteiger partial charge is 0.236 e. The van der Waals surface area contributed by atoms with Gasteiger partial charge in [-0.1, -0.05) is 6.92 Å². The van der Waals surface area contributed by atoms with Crippen LogP contribution < -0.4 is 10.5 Å². The van der Waals surface area contributed by atoms with Crippen molar-refractivity contribution in [2.45, 2.75) is 39.7 Å². The zero-order chi connectivity index (χ0) is 10.9. The van der Waals surface area contributed by atoms with Gasteiger partial charge in [-0.3, -0.25) is 0 Å². The molecule has 0 aliphatic rings. The molecule has 0 radical (unpaired) electrons. The van der Waals surface area contributed by atoms with Crippen LogP contribution in [0.3, 0.4) is 0 Å². The molecule has 0 amide bonds. The van der Waals surface area contributed by atoms with Crippen LogP contribution in [0, 0.1) is 6.92 Å². The third-order valence-corrected chi connectivity index (χ3v) is 2.44. The van der Waals surface area contributed by atoms with Crippen molar-refractivity contribution in [1.29, 1.82) is 0 Å². The fourth-order valence-corrected chi connectivity index (χ4v) is 1.11. The fraction of sp³-hybridized carbons (Fsp3) is 0.700. The summed E-state index contributed by atoms with van der Waals surface area (Å²) in [4.78, 5) is 0. The SMILES string of the molecule is CCC(C)(C)Oc1c(N)c(C)nn1C. The molecule has 0 aromatic carbocycles. The van der Waals surface area contributed by atoms with Gasteiger partial charge in [0.15, 0.2) is 0 Å². The molecule has 4 nitrogen and oxygen atoms in total. The molecular formula is C10H19N3O. The molecule has 1 aromatic heterocycles. The highest BCUT2D eigenvalue weighted by Gasteiger charge is 2.21. The average Bonchev–Trinajstić information content (AvgIpc) is 2.32. The van der Waals surface area contributed by atoms with Crippen LogP contribution in [0.15, 0.2) is 0 Å². The lowest BCUT2D eigenvalue weighted by Crippen LogP contribution is -2.28. The molecule has 0 aliphatic carbocycles. The van der Waals surface area contributed by atoms with Gasteiger partial charge in [0.1, 0.15) is 11.3 Å². The van der Waals surface area contributed by atoms with Crippen LogP contribution in [0.5, 0.6) is 5.88 Å². The van der Waals surface area contributed by atoms with Gasteiger partial charge < -0.3 is 10.5 Å². The Morgan fingerprint density at radius 3 is 2.43 bits per heavy atom. The zero-order valence-electron chi connectivity index (χ0n) is 9.59. The largest absolute Gasteiger partial charge is 0.470 e. The highest BCUT2D eigenvalue weighted by molar-refractivity contribution is 5.52. The van der Waals surface area contributed by atoms with E-state index in [1.165, 1.54) is 0 Å². The minimum Gasteiger partial charge on any atom is -0.470 e. The summed E-state index contributed by atoms with van der Waals surface area (Å²) < 4.78 is 7.49. The van der Waals surface area contributed by atoms with Crippen molar-refractivity contribution >= 4 is 5.69 Å². The molecule has 0 bridgehead atoms. The summed E-state index contributed by atoms with van der Waals surface area (Å²) in [5.74, 6) is 0.661. The van der Waals surface area contributed by atoms with Gasteiger partial charge in [0.2, 0.25) is 5.88 Å². The van der Waals surface area contributed by atoms with Gasteiger partial charge in [0.25, 0.3) is 0 Å². The first kappa shape index (κ1) is 10.9. The third kappa shape index (κ3) is 2.00. The van der Waals surface area contributed by atoms with Crippen LogP contribution in [-0.4, -0.2) is 15.4 Å². The van der Waals surface area contributed by atoms with Crippen LogP contribution in [-0.2, 0) is 7.05 Å². The van der Waals surface area contributed by atoms with Crippen molar-refractivity contribution in [3.63, 3.8) is 0 Å². The van der Waals surface area contributed by atoms with E-state index >= 15 is 0 Å². The van der Waals surface area contributed by atoms with Gasteiger partial charge in [0, 0.05) is 7.05 Å². The lowest BCUT2D eigenvalue weighted by Gasteiger charge is -2.24. The summed E-state index contributed by atoms with van der Waals surface area (Å²) >= 11 is 0. The summed E-state index contributed by atoms with van der Waals surface area (Å²) in [6.07, 6.45) is 0.927.